The second kappa shape index (κ2) is 5.76. The number of ether oxygens (including phenoxy) is 1. The molecule has 0 saturated carbocycles. The van der Waals surface area contributed by atoms with Crippen molar-refractivity contribution in [1.29, 1.82) is 0 Å². The molecule has 1 aromatic carbocycles. The predicted molar refractivity (Wildman–Crippen MR) is 66.4 cm³/mol. The molecule has 1 aromatic heterocycles. The van der Waals surface area contributed by atoms with Crippen LogP contribution < -0.4 is 4.74 Å². The molecule has 2 rings (SSSR count). The Hall–Kier alpha value is -1.67. The number of hydrogen-bond acceptors (Lipinski definition) is 5. The average molecular weight is 304 g/mol. The first-order chi connectivity index (χ1) is 9.35. The van der Waals surface area contributed by atoms with Crippen LogP contribution >= 0.6 is 11.5 Å². The molecule has 0 radical (unpaired) electrons. The fourth-order valence-electron chi connectivity index (χ4n) is 1.69. The summed E-state index contributed by atoms with van der Waals surface area (Å²) >= 11 is 1.10. The summed E-state index contributed by atoms with van der Waals surface area (Å²) in [4.78, 5) is 0.653. The van der Waals surface area contributed by atoms with Crippen LogP contribution in [0.25, 0.3) is 0 Å². The van der Waals surface area contributed by atoms with Crippen LogP contribution in [-0.2, 0) is 6.42 Å². The molecule has 0 aliphatic heterocycles. The highest BCUT2D eigenvalue weighted by Crippen LogP contribution is 2.26. The summed E-state index contributed by atoms with van der Waals surface area (Å²) in [6, 6.07) is 5.39. The van der Waals surface area contributed by atoms with Crippen molar-refractivity contribution in [1.82, 2.24) is 9.59 Å². The van der Waals surface area contributed by atoms with Crippen LogP contribution in [0, 0.1) is 6.92 Å². The molecule has 1 unspecified atom stereocenters. The smallest absolute Gasteiger partial charge is 0.406 e. The quantitative estimate of drug-likeness (QED) is 0.943. The van der Waals surface area contributed by atoms with Crippen molar-refractivity contribution < 1.29 is 23.0 Å². The van der Waals surface area contributed by atoms with Gasteiger partial charge in [0, 0.05) is 6.42 Å². The average Bonchev–Trinajstić information content (AvgIpc) is 2.76. The summed E-state index contributed by atoms with van der Waals surface area (Å²) in [5.74, 6) is -0.286. The van der Waals surface area contributed by atoms with E-state index in [1.807, 2.05) is 0 Å². The fourth-order valence-corrected chi connectivity index (χ4v) is 2.32. The van der Waals surface area contributed by atoms with Gasteiger partial charge in [0.05, 0.1) is 16.7 Å². The molecular weight excluding hydrogens is 293 g/mol. The largest absolute Gasteiger partial charge is 0.573 e. The molecule has 0 amide bonds. The molecule has 1 atom stereocenters. The van der Waals surface area contributed by atoms with Crippen LogP contribution in [0.3, 0.4) is 0 Å². The first-order valence-corrected chi connectivity index (χ1v) is 6.44. The van der Waals surface area contributed by atoms with Gasteiger partial charge in [-0.15, -0.1) is 18.3 Å². The molecule has 108 valence electrons. The molecule has 1 N–H and O–H groups in total. The second-order valence-corrected chi connectivity index (χ2v) is 4.92. The zero-order chi connectivity index (χ0) is 14.8. The zero-order valence-electron chi connectivity index (χ0n) is 10.4. The van der Waals surface area contributed by atoms with Gasteiger partial charge in [-0.3, -0.25) is 0 Å². The Morgan fingerprint density at radius 2 is 1.95 bits per heavy atom. The molecule has 0 fully saturated rings. The van der Waals surface area contributed by atoms with E-state index in [4.69, 9.17) is 0 Å². The third-order valence-electron chi connectivity index (χ3n) is 2.58. The van der Waals surface area contributed by atoms with Crippen molar-refractivity contribution >= 4 is 11.5 Å². The Kier molecular flexibility index (Phi) is 4.24. The van der Waals surface area contributed by atoms with E-state index in [0.29, 0.717) is 16.1 Å². The maximum Gasteiger partial charge on any atom is 0.573 e. The van der Waals surface area contributed by atoms with Crippen molar-refractivity contribution in [3.8, 4) is 5.75 Å². The number of aromatic nitrogens is 2. The van der Waals surface area contributed by atoms with Gasteiger partial charge in [-0.05, 0) is 36.2 Å². The number of alkyl halides is 3. The summed E-state index contributed by atoms with van der Waals surface area (Å²) in [6.45, 7) is 1.74. The number of aryl methyl sites for hydroxylation is 1. The lowest BCUT2D eigenvalue weighted by atomic mass is 10.1. The first-order valence-electron chi connectivity index (χ1n) is 5.67. The van der Waals surface area contributed by atoms with E-state index < -0.39 is 12.5 Å². The van der Waals surface area contributed by atoms with Crippen LogP contribution in [0.15, 0.2) is 24.3 Å². The normalized spacial score (nSPS) is 13.2. The molecule has 4 nitrogen and oxygen atoms in total. The monoisotopic (exact) mass is 304 g/mol. The second-order valence-electron chi connectivity index (χ2n) is 4.13. The van der Waals surface area contributed by atoms with Gasteiger partial charge < -0.3 is 9.84 Å². The van der Waals surface area contributed by atoms with Crippen LogP contribution in [0.4, 0.5) is 13.2 Å². The Morgan fingerprint density at radius 3 is 2.45 bits per heavy atom. The van der Waals surface area contributed by atoms with Crippen LogP contribution in [0.5, 0.6) is 5.75 Å². The number of halogens is 3. The summed E-state index contributed by atoms with van der Waals surface area (Å²) in [6.07, 6.45) is -5.20. The van der Waals surface area contributed by atoms with Crippen molar-refractivity contribution in [3.05, 3.63) is 40.4 Å². The lowest BCUT2D eigenvalue weighted by Gasteiger charge is -2.11. The highest BCUT2D eigenvalue weighted by Gasteiger charge is 2.31. The van der Waals surface area contributed by atoms with E-state index in [0.717, 1.165) is 11.5 Å². The van der Waals surface area contributed by atoms with Gasteiger partial charge in [-0.1, -0.05) is 16.6 Å². The topological polar surface area (TPSA) is 55.2 Å². The maximum absolute atomic E-state index is 12.0. The third-order valence-corrected chi connectivity index (χ3v) is 3.50. The summed E-state index contributed by atoms with van der Waals surface area (Å²) in [7, 11) is 0. The minimum absolute atomic E-state index is 0.275. The summed E-state index contributed by atoms with van der Waals surface area (Å²) in [5.41, 5.74) is 1.35. The van der Waals surface area contributed by atoms with Crippen LogP contribution in [0.2, 0.25) is 0 Å². The highest BCUT2D eigenvalue weighted by atomic mass is 32.1. The van der Waals surface area contributed by atoms with Gasteiger partial charge in [0.15, 0.2) is 0 Å². The minimum Gasteiger partial charge on any atom is -0.406 e. The predicted octanol–water partition coefficient (Wildman–Crippen LogP) is 3.02. The number of hydrogen-bond donors (Lipinski definition) is 1. The molecular formula is C12H11F3N2O2S. The Morgan fingerprint density at radius 1 is 1.30 bits per heavy atom. The van der Waals surface area contributed by atoms with Gasteiger partial charge in [0.1, 0.15) is 5.75 Å². The van der Waals surface area contributed by atoms with E-state index in [1.165, 1.54) is 24.3 Å². The SMILES string of the molecule is Cc1nnsc1C(O)Cc1ccc(OC(F)(F)F)cc1. The fraction of sp³-hybridized carbons (Fsp3) is 0.333. The van der Waals surface area contributed by atoms with Crippen LogP contribution in [0.1, 0.15) is 22.2 Å². The molecule has 0 spiro atoms. The van der Waals surface area contributed by atoms with Crippen molar-refractivity contribution in [2.75, 3.05) is 0 Å². The van der Waals surface area contributed by atoms with E-state index in [2.05, 4.69) is 14.3 Å². The molecule has 8 heteroatoms. The van der Waals surface area contributed by atoms with E-state index in [1.54, 1.807) is 6.92 Å². The lowest BCUT2D eigenvalue weighted by molar-refractivity contribution is -0.274. The van der Waals surface area contributed by atoms with Crippen molar-refractivity contribution in [2.45, 2.75) is 25.8 Å². The minimum atomic E-state index is -4.70. The van der Waals surface area contributed by atoms with Gasteiger partial charge in [0.2, 0.25) is 0 Å². The Balaban J connectivity index is 2.02. The summed E-state index contributed by atoms with van der Waals surface area (Å²) < 4.78 is 43.5. The summed E-state index contributed by atoms with van der Waals surface area (Å²) in [5, 5.41) is 13.8. The molecule has 20 heavy (non-hydrogen) atoms. The Bertz CT molecular complexity index is 569. The van der Waals surface area contributed by atoms with E-state index >= 15 is 0 Å². The number of aliphatic hydroxyl groups excluding tert-OH is 1. The van der Waals surface area contributed by atoms with Gasteiger partial charge in [-0.2, -0.15) is 0 Å². The first kappa shape index (κ1) is 14.7. The third kappa shape index (κ3) is 3.91. The highest BCUT2D eigenvalue weighted by molar-refractivity contribution is 7.05. The molecule has 0 bridgehead atoms. The molecule has 0 aliphatic rings. The van der Waals surface area contributed by atoms with Gasteiger partial charge in [-0.25, -0.2) is 0 Å². The number of nitrogens with zero attached hydrogens (tertiary/aromatic N) is 2. The van der Waals surface area contributed by atoms with E-state index in [-0.39, 0.29) is 12.2 Å². The van der Waals surface area contributed by atoms with Crippen molar-refractivity contribution in [3.63, 3.8) is 0 Å². The standard InChI is InChI=1S/C12H11F3N2O2S/c1-7-11(20-17-16-7)10(18)6-8-2-4-9(5-3-8)19-12(13,14)15/h2-5,10,18H,6H2,1H3. The molecule has 1 heterocycles. The van der Waals surface area contributed by atoms with Crippen molar-refractivity contribution in [2.24, 2.45) is 0 Å². The number of aliphatic hydroxyl groups is 1. The molecule has 0 aliphatic carbocycles. The zero-order valence-corrected chi connectivity index (χ0v) is 11.2. The van der Waals surface area contributed by atoms with E-state index in [9.17, 15) is 18.3 Å². The maximum atomic E-state index is 12.0. The lowest BCUT2D eigenvalue weighted by Crippen LogP contribution is -2.17. The van der Waals surface area contributed by atoms with Gasteiger partial charge in [0.25, 0.3) is 0 Å². The number of rotatable bonds is 4. The van der Waals surface area contributed by atoms with Crippen LogP contribution in [-0.4, -0.2) is 21.1 Å². The van der Waals surface area contributed by atoms with Gasteiger partial charge >= 0.3 is 6.36 Å². The number of benzene rings is 1. The molecule has 2 aromatic rings. The Labute approximate surface area is 117 Å². The molecule has 0 saturated heterocycles.